The molecule has 0 aliphatic heterocycles. The van der Waals surface area contributed by atoms with Gasteiger partial charge in [-0.3, -0.25) is 4.79 Å². The van der Waals surface area contributed by atoms with E-state index in [0.717, 1.165) is 4.68 Å². The van der Waals surface area contributed by atoms with Crippen LogP contribution in [0.1, 0.15) is 12.7 Å². The van der Waals surface area contributed by atoms with Crippen molar-refractivity contribution >= 4 is 17.6 Å². The fourth-order valence-corrected chi connectivity index (χ4v) is 2.08. The molecule has 1 aromatic carbocycles. The van der Waals surface area contributed by atoms with E-state index >= 15 is 0 Å². The molecule has 0 spiro atoms. The van der Waals surface area contributed by atoms with Gasteiger partial charge in [0, 0.05) is 0 Å². The maximum absolute atomic E-state index is 12.3. The monoisotopic (exact) mass is 295 g/mol. The number of hydrogen-bond donors (Lipinski definition) is 0. The van der Waals surface area contributed by atoms with E-state index < -0.39 is 11.7 Å². The van der Waals surface area contributed by atoms with Crippen LogP contribution in [0.15, 0.2) is 29.1 Å². The van der Waals surface area contributed by atoms with Gasteiger partial charge in [-0.25, -0.2) is 14.0 Å². The van der Waals surface area contributed by atoms with Crippen LogP contribution in [-0.2, 0) is 16.1 Å². The summed E-state index contributed by atoms with van der Waals surface area (Å²) < 4.78 is 7.23. The normalized spacial score (nSPS) is 10.6. The Bertz CT molecular complexity index is 690. The van der Waals surface area contributed by atoms with E-state index in [0.29, 0.717) is 16.5 Å². The lowest BCUT2D eigenvalue weighted by molar-refractivity contribution is -0.144. The molecule has 0 radical (unpaired) electrons. The number of aromatic nitrogens is 3. The van der Waals surface area contributed by atoms with Crippen molar-refractivity contribution in [1.29, 1.82) is 0 Å². The smallest absolute Gasteiger partial charge is 0.351 e. The van der Waals surface area contributed by atoms with Gasteiger partial charge in [0.25, 0.3) is 0 Å². The minimum absolute atomic E-state index is 0.217. The van der Waals surface area contributed by atoms with Crippen LogP contribution in [0, 0.1) is 6.92 Å². The van der Waals surface area contributed by atoms with Crippen LogP contribution < -0.4 is 5.69 Å². The fraction of sp³-hybridized carbons (Fsp3) is 0.308. The molecule has 1 heterocycles. The Morgan fingerprint density at radius 2 is 2.10 bits per heavy atom. The Morgan fingerprint density at radius 3 is 2.75 bits per heavy atom. The first-order chi connectivity index (χ1) is 9.54. The Kier molecular flexibility index (Phi) is 4.24. The molecule has 20 heavy (non-hydrogen) atoms. The first-order valence-corrected chi connectivity index (χ1v) is 6.49. The van der Waals surface area contributed by atoms with Gasteiger partial charge in [0.2, 0.25) is 0 Å². The van der Waals surface area contributed by atoms with Gasteiger partial charge in [0.15, 0.2) is 0 Å². The molecular weight excluding hydrogens is 282 g/mol. The third kappa shape index (κ3) is 2.75. The van der Waals surface area contributed by atoms with E-state index in [4.69, 9.17) is 16.3 Å². The molecule has 0 atom stereocenters. The van der Waals surface area contributed by atoms with E-state index in [1.807, 2.05) is 0 Å². The van der Waals surface area contributed by atoms with Crippen molar-refractivity contribution in [3.8, 4) is 5.69 Å². The van der Waals surface area contributed by atoms with Crippen LogP contribution in [0.2, 0.25) is 5.02 Å². The second-order valence-corrected chi connectivity index (χ2v) is 4.49. The minimum Gasteiger partial charge on any atom is -0.465 e. The van der Waals surface area contributed by atoms with Gasteiger partial charge in [-0.2, -0.15) is 5.10 Å². The number of benzene rings is 1. The maximum Gasteiger partial charge on any atom is 0.351 e. The number of para-hydroxylation sites is 1. The summed E-state index contributed by atoms with van der Waals surface area (Å²) in [5.74, 6) is -0.0502. The van der Waals surface area contributed by atoms with Crippen molar-refractivity contribution in [2.75, 3.05) is 6.61 Å². The van der Waals surface area contributed by atoms with E-state index in [9.17, 15) is 9.59 Å². The fourth-order valence-electron chi connectivity index (χ4n) is 1.86. The number of ether oxygens (including phenoxy) is 1. The van der Waals surface area contributed by atoms with Crippen LogP contribution >= 0.6 is 11.6 Å². The summed E-state index contributed by atoms with van der Waals surface area (Å²) in [5, 5.41) is 4.50. The van der Waals surface area contributed by atoms with Gasteiger partial charge in [-0.1, -0.05) is 23.7 Å². The molecule has 0 saturated heterocycles. The second-order valence-electron chi connectivity index (χ2n) is 4.08. The molecule has 6 nitrogen and oxygen atoms in total. The molecule has 106 valence electrons. The average molecular weight is 296 g/mol. The number of halogens is 1. The summed E-state index contributed by atoms with van der Waals surface area (Å²) in [5.41, 5.74) is 0.107. The van der Waals surface area contributed by atoms with Gasteiger partial charge >= 0.3 is 11.7 Å². The first kappa shape index (κ1) is 14.3. The summed E-state index contributed by atoms with van der Waals surface area (Å²) in [6, 6.07) is 6.95. The van der Waals surface area contributed by atoms with Crippen molar-refractivity contribution < 1.29 is 9.53 Å². The molecule has 0 saturated carbocycles. The molecule has 0 amide bonds. The number of rotatable bonds is 4. The van der Waals surface area contributed by atoms with E-state index in [1.54, 1.807) is 38.1 Å². The van der Waals surface area contributed by atoms with Gasteiger partial charge in [-0.05, 0) is 26.0 Å². The van der Waals surface area contributed by atoms with Crippen molar-refractivity contribution in [1.82, 2.24) is 14.3 Å². The molecule has 0 aliphatic carbocycles. The summed E-state index contributed by atoms with van der Waals surface area (Å²) in [7, 11) is 0. The zero-order chi connectivity index (χ0) is 14.7. The number of carbonyl (C=O) groups is 1. The Morgan fingerprint density at radius 1 is 1.40 bits per heavy atom. The van der Waals surface area contributed by atoms with Crippen LogP contribution in [0.4, 0.5) is 0 Å². The summed E-state index contributed by atoms with van der Waals surface area (Å²) in [4.78, 5) is 23.7. The average Bonchev–Trinajstić information content (AvgIpc) is 2.66. The zero-order valence-electron chi connectivity index (χ0n) is 11.2. The van der Waals surface area contributed by atoms with Crippen LogP contribution in [0.3, 0.4) is 0 Å². The Labute approximate surface area is 120 Å². The van der Waals surface area contributed by atoms with Gasteiger partial charge in [0.1, 0.15) is 12.4 Å². The minimum atomic E-state index is -0.501. The largest absolute Gasteiger partial charge is 0.465 e. The summed E-state index contributed by atoms with van der Waals surface area (Å²) in [6.45, 7) is 3.42. The lowest BCUT2D eigenvalue weighted by Gasteiger charge is -2.04. The molecule has 0 unspecified atom stereocenters. The number of carbonyl (C=O) groups excluding carboxylic acids is 1. The number of esters is 1. The lowest BCUT2D eigenvalue weighted by atomic mass is 10.3. The maximum atomic E-state index is 12.3. The molecule has 2 rings (SSSR count). The molecule has 0 bridgehead atoms. The molecule has 1 aromatic heterocycles. The topological polar surface area (TPSA) is 66.1 Å². The van der Waals surface area contributed by atoms with Crippen LogP contribution in [0.5, 0.6) is 0 Å². The zero-order valence-corrected chi connectivity index (χ0v) is 11.9. The van der Waals surface area contributed by atoms with Crippen molar-refractivity contribution in [3.05, 3.63) is 45.6 Å². The van der Waals surface area contributed by atoms with Gasteiger partial charge in [0.05, 0.1) is 17.3 Å². The van der Waals surface area contributed by atoms with Crippen molar-refractivity contribution in [2.45, 2.75) is 20.4 Å². The highest BCUT2D eigenvalue weighted by atomic mass is 35.5. The molecule has 2 aromatic rings. The number of aryl methyl sites for hydroxylation is 1. The number of nitrogens with zero attached hydrogens (tertiary/aromatic N) is 3. The second kappa shape index (κ2) is 5.92. The first-order valence-electron chi connectivity index (χ1n) is 6.11. The quantitative estimate of drug-likeness (QED) is 0.803. The molecule has 0 aliphatic rings. The van der Waals surface area contributed by atoms with Crippen molar-refractivity contribution in [3.63, 3.8) is 0 Å². The molecule has 0 N–H and O–H groups in total. The van der Waals surface area contributed by atoms with Gasteiger partial charge < -0.3 is 4.74 Å². The number of hydrogen-bond acceptors (Lipinski definition) is 4. The van der Waals surface area contributed by atoms with E-state index in [1.165, 1.54) is 4.57 Å². The summed E-state index contributed by atoms with van der Waals surface area (Å²) in [6.07, 6.45) is 0. The SMILES string of the molecule is CCOC(=O)Cn1nc(C)n(-c2ccccc2Cl)c1=O. The predicted molar refractivity (Wildman–Crippen MR) is 74.2 cm³/mol. The predicted octanol–water partition coefficient (Wildman–Crippen LogP) is 1.56. The highest BCUT2D eigenvalue weighted by molar-refractivity contribution is 6.32. The van der Waals surface area contributed by atoms with Gasteiger partial charge in [-0.15, -0.1) is 0 Å². The highest BCUT2D eigenvalue weighted by Crippen LogP contribution is 2.18. The third-order valence-electron chi connectivity index (χ3n) is 2.68. The molecule has 7 heteroatoms. The third-order valence-corrected chi connectivity index (χ3v) is 3.00. The Hall–Kier alpha value is -2.08. The Balaban J connectivity index is 2.43. The van der Waals surface area contributed by atoms with Crippen molar-refractivity contribution in [2.24, 2.45) is 0 Å². The highest BCUT2D eigenvalue weighted by Gasteiger charge is 2.16. The molecular formula is C13H14ClN3O3. The van der Waals surface area contributed by atoms with Crippen LogP contribution in [-0.4, -0.2) is 26.9 Å². The van der Waals surface area contributed by atoms with E-state index in [-0.39, 0.29) is 13.2 Å². The standard InChI is InChI=1S/C13H14ClN3O3/c1-3-20-12(18)8-16-13(19)17(9(2)15-16)11-7-5-4-6-10(11)14/h4-7H,3,8H2,1-2H3. The molecule has 0 fully saturated rings. The van der Waals surface area contributed by atoms with E-state index in [2.05, 4.69) is 5.10 Å². The van der Waals surface area contributed by atoms with Crippen LogP contribution in [0.25, 0.3) is 5.69 Å². The lowest BCUT2D eigenvalue weighted by Crippen LogP contribution is -2.28. The summed E-state index contributed by atoms with van der Waals surface area (Å²) >= 11 is 6.08.